The van der Waals surface area contributed by atoms with Crippen molar-refractivity contribution in [2.24, 2.45) is 23.7 Å². The molecule has 3 fully saturated rings. The average Bonchev–Trinajstić information content (AvgIpc) is 3.96. The Morgan fingerprint density at radius 2 is 0.746 bits per heavy atom. The van der Waals surface area contributed by atoms with Gasteiger partial charge in [0.2, 0.25) is 23.6 Å². The fourth-order valence-corrected chi connectivity index (χ4v) is 9.84. The van der Waals surface area contributed by atoms with Crippen LogP contribution in [0, 0.1) is 30.6 Å². The highest BCUT2D eigenvalue weighted by Crippen LogP contribution is 2.49. The second-order valence-corrected chi connectivity index (χ2v) is 17.7. The van der Waals surface area contributed by atoms with E-state index < -0.39 is 82.9 Å². The van der Waals surface area contributed by atoms with Crippen LogP contribution in [0.3, 0.4) is 0 Å². The topological polar surface area (TPSA) is 211 Å². The fraction of sp³-hybridized carbons (Fsp3) is 0.148. The van der Waals surface area contributed by atoms with E-state index in [9.17, 15) is 47.9 Å². The Kier molecular flexibility index (Phi) is 10.4. The summed E-state index contributed by atoms with van der Waals surface area (Å²) in [6.45, 7) is 1.96. The van der Waals surface area contributed by atoms with Gasteiger partial charge in [-0.25, -0.2) is 14.5 Å². The van der Waals surface area contributed by atoms with E-state index in [1.165, 1.54) is 92.0 Å². The molecule has 6 aromatic rings. The predicted octanol–water partition coefficient (Wildman–Crippen LogP) is 6.96. The zero-order valence-electron chi connectivity index (χ0n) is 37.5. The molecule has 4 atom stereocenters. The molecule has 4 aliphatic heterocycles. The summed E-state index contributed by atoms with van der Waals surface area (Å²) in [6.07, 6.45) is -0.0636. The molecule has 0 N–H and O–H groups in total. The summed E-state index contributed by atoms with van der Waals surface area (Å²) in [5.41, 5.74) is 2.22. The zero-order chi connectivity index (χ0) is 49.6. The van der Waals surface area contributed by atoms with Crippen LogP contribution in [0.1, 0.15) is 80.6 Å². The van der Waals surface area contributed by atoms with Gasteiger partial charge >= 0.3 is 11.9 Å². The van der Waals surface area contributed by atoms with Gasteiger partial charge in [0.05, 0.1) is 74.1 Å². The molecule has 6 aromatic carbocycles. The number of amides is 8. The van der Waals surface area contributed by atoms with Crippen molar-refractivity contribution in [3.05, 3.63) is 172 Å². The molecule has 0 radical (unpaired) electrons. The lowest BCUT2D eigenvalue weighted by molar-refractivity contribution is -0.129. The highest BCUT2D eigenvalue weighted by Gasteiger charge is 2.60. The number of ether oxygens (including phenoxy) is 3. The van der Waals surface area contributed by atoms with Crippen molar-refractivity contribution < 1.29 is 62.2 Å². The van der Waals surface area contributed by atoms with Gasteiger partial charge in [-0.05, 0) is 141 Å². The molecule has 1 aliphatic carbocycles. The SMILES string of the molecule is Cc1ccc(Oc2ccc(N3C(=O)c4ccc(C(=O)Oc5ccc(N6C(=O)C7CC8C(=O)N(c9ccc(OC(=O)c%10ccc%11c(c%10)C(=O)N(C)C%11=O)cc9)C(=O)C8CC7C6=O)cc5)cc4C3=O)cc2)cc1. The quantitative estimate of drug-likeness (QED) is 0.0816. The van der Waals surface area contributed by atoms with Gasteiger partial charge in [-0.2, -0.15) is 0 Å². The maximum atomic E-state index is 13.9. The number of hydrogen-bond acceptors (Lipinski definition) is 13. The number of hydrogen-bond donors (Lipinski definition) is 0. The summed E-state index contributed by atoms with van der Waals surface area (Å²) in [4.78, 5) is 137. The number of fused-ring (bicyclic) bond motifs is 4. The Hall–Kier alpha value is -9.38. The Morgan fingerprint density at radius 1 is 0.408 bits per heavy atom. The molecule has 1 saturated carbocycles. The van der Waals surface area contributed by atoms with E-state index in [1.54, 1.807) is 24.3 Å². The van der Waals surface area contributed by atoms with E-state index in [0.717, 1.165) is 25.2 Å². The Bertz CT molecular complexity index is 3340. The minimum Gasteiger partial charge on any atom is -0.457 e. The largest absolute Gasteiger partial charge is 0.457 e. The first-order valence-corrected chi connectivity index (χ1v) is 22.4. The van der Waals surface area contributed by atoms with Gasteiger partial charge in [0, 0.05) is 7.05 Å². The molecule has 0 aromatic heterocycles. The third-order valence-electron chi connectivity index (χ3n) is 13.5. The summed E-state index contributed by atoms with van der Waals surface area (Å²) < 4.78 is 16.9. The fourth-order valence-electron chi connectivity index (χ4n) is 9.84. The third kappa shape index (κ3) is 7.33. The number of carbonyl (C=O) groups is 10. The van der Waals surface area contributed by atoms with Crippen LogP contribution in [-0.4, -0.2) is 71.1 Å². The number of carbonyl (C=O) groups excluding carboxylic acids is 10. The minimum absolute atomic E-state index is 0.00123. The summed E-state index contributed by atoms with van der Waals surface area (Å²) in [5, 5.41) is 0. The van der Waals surface area contributed by atoms with E-state index in [1.807, 2.05) is 31.2 Å². The van der Waals surface area contributed by atoms with Crippen molar-refractivity contribution in [1.82, 2.24) is 4.90 Å². The second-order valence-electron chi connectivity index (χ2n) is 17.7. The maximum Gasteiger partial charge on any atom is 0.343 e. The Balaban J connectivity index is 0.711. The number of esters is 2. The lowest BCUT2D eigenvalue weighted by Crippen LogP contribution is -2.35. The summed E-state index contributed by atoms with van der Waals surface area (Å²) in [5.74, 6) is -8.11. The second kappa shape index (κ2) is 16.7. The van der Waals surface area contributed by atoms with Crippen molar-refractivity contribution in [2.75, 3.05) is 21.7 Å². The lowest BCUT2D eigenvalue weighted by atomic mass is 9.70. The van der Waals surface area contributed by atoms with Crippen molar-refractivity contribution in [3.8, 4) is 23.0 Å². The number of nitrogens with zero attached hydrogens (tertiary/aromatic N) is 4. The molecule has 4 unspecified atom stereocenters. The van der Waals surface area contributed by atoms with Crippen LogP contribution in [0.25, 0.3) is 0 Å². The number of benzene rings is 6. The van der Waals surface area contributed by atoms with Crippen LogP contribution in [0.5, 0.6) is 23.0 Å². The monoisotopic (exact) mass is 948 g/mol. The molecule has 11 rings (SSSR count). The van der Waals surface area contributed by atoms with Gasteiger partial charge in [0.1, 0.15) is 23.0 Å². The molecule has 0 spiro atoms. The number of rotatable bonds is 9. The first-order chi connectivity index (χ1) is 34.1. The van der Waals surface area contributed by atoms with E-state index >= 15 is 0 Å². The summed E-state index contributed by atoms with van der Waals surface area (Å²) in [6, 6.07) is 33.4. The van der Waals surface area contributed by atoms with Crippen LogP contribution < -0.4 is 28.9 Å². The van der Waals surface area contributed by atoms with E-state index in [0.29, 0.717) is 17.2 Å². The normalized spacial score (nSPS) is 20.1. The maximum absolute atomic E-state index is 13.9. The van der Waals surface area contributed by atoms with Gasteiger partial charge in [-0.1, -0.05) is 17.7 Å². The number of anilines is 3. The third-order valence-corrected chi connectivity index (χ3v) is 13.5. The first-order valence-electron chi connectivity index (χ1n) is 22.4. The number of aryl methyl sites for hydroxylation is 1. The van der Waals surface area contributed by atoms with Gasteiger partial charge in [-0.3, -0.25) is 53.1 Å². The van der Waals surface area contributed by atoms with Crippen LogP contribution in [0.4, 0.5) is 17.1 Å². The van der Waals surface area contributed by atoms with Crippen molar-refractivity contribution in [2.45, 2.75) is 19.8 Å². The van der Waals surface area contributed by atoms with E-state index in [-0.39, 0.29) is 69.1 Å². The van der Waals surface area contributed by atoms with Crippen molar-refractivity contribution in [1.29, 1.82) is 0 Å². The predicted molar refractivity (Wildman–Crippen MR) is 249 cm³/mol. The standard InChI is InChI=1S/C54H36N4O13/c1-27-3-13-33(14-4-27)69-34-15-7-30(8-16-34)56-47(61)38-22-6-29(24-40(38)48(56)62)54(68)71-36-19-11-32(12-20-36)58-51(65)43-25-41-42(26-44(43)52(58)66)50(64)57(49(41)63)31-9-17-35(18-10-31)70-53(67)28-5-21-37-39(23-28)46(60)55(2)45(37)59/h3-24,41-44H,25-26H2,1-2H3. The van der Waals surface area contributed by atoms with Gasteiger partial charge in [0.15, 0.2) is 0 Å². The lowest BCUT2D eigenvalue weighted by Gasteiger charge is -2.28. The van der Waals surface area contributed by atoms with E-state index in [2.05, 4.69) is 0 Å². The molecular weight excluding hydrogens is 913 g/mol. The molecule has 17 nitrogen and oxygen atoms in total. The smallest absolute Gasteiger partial charge is 0.343 e. The van der Waals surface area contributed by atoms with Crippen LogP contribution >= 0.6 is 0 Å². The zero-order valence-corrected chi connectivity index (χ0v) is 37.5. The molecule has 0 bridgehead atoms. The van der Waals surface area contributed by atoms with Crippen LogP contribution in [0.15, 0.2) is 133 Å². The molecule has 17 heteroatoms. The molecule has 71 heavy (non-hydrogen) atoms. The molecular formula is C54H36N4O13. The van der Waals surface area contributed by atoms with Gasteiger partial charge < -0.3 is 14.2 Å². The highest BCUT2D eigenvalue weighted by atomic mass is 16.5. The summed E-state index contributed by atoms with van der Waals surface area (Å²) >= 11 is 0. The molecule has 350 valence electrons. The number of imide groups is 4. The van der Waals surface area contributed by atoms with Crippen LogP contribution in [-0.2, 0) is 19.2 Å². The van der Waals surface area contributed by atoms with Crippen LogP contribution in [0.2, 0.25) is 0 Å². The van der Waals surface area contributed by atoms with Gasteiger partial charge in [-0.15, -0.1) is 0 Å². The van der Waals surface area contributed by atoms with Crippen molar-refractivity contribution in [3.63, 3.8) is 0 Å². The average molecular weight is 949 g/mol. The first kappa shape index (κ1) is 44.1. The van der Waals surface area contributed by atoms with Gasteiger partial charge in [0.25, 0.3) is 23.6 Å². The molecule has 8 amide bonds. The Morgan fingerprint density at radius 3 is 1.18 bits per heavy atom. The molecule has 5 aliphatic rings. The summed E-state index contributed by atoms with van der Waals surface area (Å²) in [7, 11) is 1.34. The molecule has 2 saturated heterocycles. The molecule has 4 heterocycles. The highest BCUT2D eigenvalue weighted by molar-refractivity contribution is 6.35. The van der Waals surface area contributed by atoms with Crippen molar-refractivity contribution >= 4 is 76.3 Å². The van der Waals surface area contributed by atoms with E-state index in [4.69, 9.17) is 14.2 Å². The Labute approximate surface area is 402 Å². The minimum atomic E-state index is -0.865.